The summed E-state index contributed by atoms with van der Waals surface area (Å²) in [5, 5.41) is 2.41. The van der Waals surface area contributed by atoms with Crippen LogP contribution >= 0.6 is 0 Å². The zero-order valence-electron chi connectivity index (χ0n) is 13.4. The van der Waals surface area contributed by atoms with E-state index in [4.69, 9.17) is 4.74 Å². The molecule has 8 heteroatoms. The molecular formula is C17H18F4N2O2. The van der Waals surface area contributed by atoms with Gasteiger partial charge in [0.2, 0.25) is 5.60 Å². The predicted octanol–water partition coefficient (Wildman–Crippen LogP) is 4.04. The second-order valence-corrected chi connectivity index (χ2v) is 6.37. The summed E-state index contributed by atoms with van der Waals surface area (Å²) in [5.41, 5.74) is -3.32. The monoisotopic (exact) mass is 358 g/mol. The molecular weight excluding hydrogens is 340 g/mol. The zero-order chi connectivity index (χ0) is 18.2. The van der Waals surface area contributed by atoms with Gasteiger partial charge in [0.1, 0.15) is 5.82 Å². The fraction of sp³-hybridized carbons (Fsp3) is 0.471. The van der Waals surface area contributed by atoms with E-state index in [0.29, 0.717) is 0 Å². The van der Waals surface area contributed by atoms with Crippen molar-refractivity contribution in [1.29, 1.82) is 0 Å². The number of hydrogen-bond acceptors (Lipinski definition) is 2. The number of carbonyl (C=O) groups excluding carboxylic acids is 1. The third-order valence-electron chi connectivity index (χ3n) is 4.43. The first-order valence-electron chi connectivity index (χ1n) is 7.94. The molecule has 1 fully saturated rings. The second kappa shape index (κ2) is 6.33. The van der Waals surface area contributed by atoms with Gasteiger partial charge in [-0.2, -0.15) is 13.2 Å². The number of amides is 2. The normalized spacial score (nSPS) is 23.7. The molecule has 1 unspecified atom stereocenters. The third-order valence-corrected chi connectivity index (χ3v) is 4.43. The molecule has 2 aliphatic rings. The lowest BCUT2D eigenvalue weighted by Gasteiger charge is -2.38. The molecule has 25 heavy (non-hydrogen) atoms. The minimum absolute atomic E-state index is 0.0657. The van der Waals surface area contributed by atoms with Crippen LogP contribution in [0.4, 0.5) is 28.0 Å². The molecule has 1 aromatic rings. The molecule has 1 atom stereocenters. The minimum Gasteiger partial charge on any atom is -0.359 e. The molecule has 0 bridgehead atoms. The number of ether oxygens (including phenoxy) is 1. The van der Waals surface area contributed by atoms with Crippen LogP contribution in [-0.2, 0) is 10.3 Å². The van der Waals surface area contributed by atoms with Crippen molar-refractivity contribution in [2.75, 3.05) is 25.0 Å². The Labute approximate surface area is 142 Å². The van der Waals surface area contributed by atoms with Gasteiger partial charge in [-0.05, 0) is 37.0 Å². The second-order valence-electron chi connectivity index (χ2n) is 6.37. The SMILES string of the molecule is C=CCN1CC(OCC2CC2)(C(F)(F)F)c2cc(F)ccc2NC1=O. The molecule has 136 valence electrons. The number of carbonyl (C=O) groups is 1. The van der Waals surface area contributed by atoms with Gasteiger partial charge in [-0.25, -0.2) is 9.18 Å². The molecule has 3 rings (SSSR count). The van der Waals surface area contributed by atoms with Gasteiger partial charge in [-0.3, -0.25) is 0 Å². The Hall–Kier alpha value is -2.09. The summed E-state index contributed by atoms with van der Waals surface area (Å²) in [6.45, 7) is 2.53. The summed E-state index contributed by atoms with van der Waals surface area (Å²) < 4.78 is 61.6. The lowest BCUT2D eigenvalue weighted by atomic mass is 9.90. The maximum Gasteiger partial charge on any atom is 0.423 e. The molecule has 4 nitrogen and oxygen atoms in total. The van der Waals surface area contributed by atoms with Crippen molar-refractivity contribution in [3.63, 3.8) is 0 Å². The standard InChI is InChI=1S/C17H18F4N2O2/c1-2-7-23-10-16(17(19,20)21,25-9-11-3-4-11)13-8-12(18)5-6-14(13)22-15(23)24/h2,5-6,8,11H,1,3-4,7,9-10H2,(H,22,24). The molecule has 1 saturated carbocycles. The zero-order valence-corrected chi connectivity index (χ0v) is 13.4. The fourth-order valence-corrected chi connectivity index (χ4v) is 2.88. The third kappa shape index (κ3) is 3.35. The Kier molecular flexibility index (Phi) is 4.49. The maximum absolute atomic E-state index is 14.2. The fourth-order valence-electron chi connectivity index (χ4n) is 2.88. The van der Waals surface area contributed by atoms with Crippen LogP contribution < -0.4 is 5.32 Å². The van der Waals surface area contributed by atoms with Gasteiger partial charge >= 0.3 is 12.2 Å². The van der Waals surface area contributed by atoms with Gasteiger partial charge in [0, 0.05) is 17.8 Å². The Morgan fingerprint density at radius 2 is 2.12 bits per heavy atom. The van der Waals surface area contributed by atoms with E-state index in [1.165, 1.54) is 6.08 Å². The molecule has 0 aromatic heterocycles. The van der Waals surface area contributed by atoms with Crippen LogP contribution in [0.3, 0.4) is 0 Å². The molecule has 0 radical (unpaired) electrons. The van der Waals surface area contributed by atoms with Crippen LogP contribution in [0, 0.1) is 11.7 Å². The Morgan fingerprint density at radius 1 is 1.40 bits per heavy atom. The van der Waals surface area contributed by atoms with E-state index < -0.39 is 35.7 Å². The number of nitrogens with zero attached hydrogens (tertiary/aromatic N) is 1. The first-order valence-corrected chi connectivity index (χ1v) is 7.94. The first kappa shape index (κ1) is 17.7. The van der Waals surface area contributed by atoms with Crippen LogP contribution in [0.2, 0.25) is 0 Å². The van der Waals surface area contributed by atoms with Gasteiger partial charge in [0.25, 0.3) is 0 Å². The Bertz CT molecular complexity index is 688. The number of anilines is 1. The van der Waals surface area contributed by atoms with Crippen molar-refractivity contribution in [2.24, 2.45) is 5.92 Å². The van der Waals surface area contributed by atoms with E-state index in [0.717, 1.165) is 35.9 Å². The van der Waals surface area contributed by atoms with E-state index in [2.05, 4.69) is 11.9 Å². The topological polar surface area (TPSA) is 41.6 Å². The summed E-state index contributed by atoms with van der Waals surface area (Å²) in [6, 6.07) is 2.20. The molecule has 0 saturated heterocycles. The largest absolute Gasteiger partial charge is 0.423 e. The smallest absolute Gasteiger partial charge is 0.359 e. The van der Waals surface area contributed by atoms with Crippen molar-refractivity contribution in [3.8, 4) is 0 Å². The van der Waals surface area contributed by atoms with E-state index in [1.54, 1.807) is 0 Å². The summed E-state index contributed by atoms with van der Waals surface area (Å²) in [7, 11) is 0. The van der Waals surface area contributed by atoms with Crippen LogP contribution in [0.1, 0.15) is 18.4 Å². The van der Waals surface area contributed by atoms with Crippen LogP contribution in [-0.4, -0.2) is 36.8 Å². The Balaban J connectivity index is 2.13. The molecule has 1 aliphatic heterocycles. The highest BCUT2D eigenvalue weighted by atomic mass is 19.4. The van der Waals surface area contributed by atoms with Crippen LogP contribution in [0.25, 0.3) is 0 Å². The van der Waals surface area contributed by atoms with Gasteiger partial charge in [-0.15, -0.1) is 6.58 Å². The van der Waals surface area contributed by atoms with Gasteiger partial charge < -0.3 is 15.0 Å². The summed E-state index contributed by atoms with van der Waals surface area (Å²) in [6.07, 6.45) is -1.90. The van der Waals surface area contributed by atoms with Crippen LogP contribution in [0.15, 0.2) is 30.9 Å². The van der Waals surface area contributed by atoms with Gasteiger partial charge in [-0.1, -0.05) is 6.08 Å². The van der Waals surface area contributed by atoms with E-state index >= 15 is 0 Å². The first-order chi connectivity index (χ1) is 11.8. The van der Waals surface area contributed by atoms with E-state index in [-0.39, 0.29) is 24.8 Å². The minimum atomic E-state index is -4.84. The molecule has 2 amide bonds. The number of halogens is 4. The van der Waals surface area contributed by atoms with E-state index in [1.807, 2.05) is 0 Å². The van der Waals surface area contributed by atoms with Crippen molar-refractivity contribution in [1.82, 2.24) is 4.90 Å². The van der Waals surface area contributed by atoms with Crippen LogP contribution in [0.5, 0.6) is 0 Å². The quantitative estimate of drug-likeness (QED) is 0.637. The number of fused-ring (bicyclic) bond motifs is 1. The number of hydrogen-bond donors (Lipinski definition) is 1. The molecule has 0 spiro atoms. The number of rotatable bonds is 5. The lowest BCUT2D eigenvalue weighted by Crippen LogP contribution is -2.53. The molecule has 1 heterocycles. The highest BCUT2D eigenvalue weighted by Crippen LogP contribution is 2.48. The predicted molar refractivity (Wildman–Crippen MR) is 83.6 cm³/mol. The number of nitrogens with one attached hydrogen (secondary N) is 1. The molecule has 1 N–H and O–H groups in total. The van der Waals surface area contributed by atoms with Gasteiger partial charge in [0.15, 0.2) is 0 Å². The van der Waals surface area contributed by atoms with Crippen molar-refractivity contribution >= 4 is 11.7 Å². The highest BCUT2D eigenvalue weighted by molar-refractivity contribution is 5.91. The van der Waals surface area contributed by atoms with Gasteiger partial charge in [0.05, 0.1) is 13.2 Å². The Morgan fingerprint density at radius 3 is 2.72 bits per heavy atom. The number of benzene rings is 1. The summed E-state index contributed by atoms with van der Waals surface area (Å²) >= 11 is 0. The molecule has 1 aliphatic carbocycles. The van der Waals surface area contributed by atoms with Crippen molar-refractivity contribution in [2.45, 2.75) is 24.6 Å². The van der Waals surface area contributed by atoms with Crippen molar-refractivity contribution in [3.05, 3.63) is 42.2 Å². The number of alkyl halides is 3. The van der Waals surface area contributed by atoms with E-state index in [9.17, 15) is 22.4 Å². The lowest BCUT2D eigenvalue weighted by molar-refractivity contribution is -0.288. The summed E-state index contributed by atoms with van der Waals surface area (Å²) in [4.78, 5) is 13.2. The van der Waals surface area contributed by atoms with Crippen molar-refractivity contribution < 1.29 is 27.1 Å². The summed E-state index contributed by atoms with van der Waals surface area (Å²) in [5.74, 6) is -0.759. The molecule has 1 aromatic carbocycles. The number of urea groups is 1. The maximum atomic E-state index is 14.2. The average Bonchev–Trinajstić information content (AvgIpc) is 3.35. The average molecular weight is 358 g/mol. The highest BCUT2D eigenvalue weighted by Gasteiger charge is 2.61.